The van der Waals surface area contributed by atoms with Crippen molar-refractivity contribution < 1.29 is 14.3 Å². The smallest absolute Gasteiger partial charge is 0.253 e. The number of carbonyl (C=O) groups excluding carboxylic acids is 2. The van der Waals surface area contributed by atoms with Crippen LogP contribution in [0.2, 0.25) is 0 Å². The van der Waals surface area contributed by atoms with Crippen molar-refractivity contribution in [3.63, 3.8) is 0 Å². The summed E-state index contributed by atoms with van der Waals surface area (Å²) in [6, 6.07) is 11.1. The molecule has 154 valence electrons. The van der Waals surface area contributed by atoms with Gasteiger partial charge in [-0.15, -0.1) is 11.3 Å². The van der Waals surface area contributed by atoms with E-state index in [1.807, 2.05) is 29.6 Å². The number of nitrogens with zero attached hydrogens (tertiary/aromatic N) is 3. The number of ether oxygens (including phenoxy) is 1. The summed E-state index contributed by atoms with van der Waals surface area (Å²) < 4.78 is 5.39. The Morgan fingerprint density at radius 1 is 1.13 bits per heavy atom. The average Bonchev–Trinajstić information content (AvgIpc) is 3.27. The summed E-state index contributed by atoms with van der Waals surface area (Å²) in [5.74, 6) is 0.543. The minimum atomic E-state index is -0.134. The molecule has 1 aromatic carbocycles. The molecule has 1 saturated heterocycles. The van der Waals surface area contributed by atoms with Gasteiger partial charge in [0.25, 0.3) is 5.91 Å². The molecule has 3 aromatic rings. The standard InChI is InChI=1S/C22H22N4O3S/c1-29-19-5-3-2-4-17(19)18-14-30-22(24-18)25-20(27)15-8-12-26(13-9-15)21(28)16-6-10-23-11-7-16/h2-7,10-11,14-15H,8-9,12-13H2,1H3,(H,24,25,27). The van der Waals surface area contributed by atoms with Crippen molar-refractivity contribution in [3.8, 4) is 17.0 Å². The maximum atomic E-state index is 12.7. The van der Waals surface area contributed by atoms with Crippen LogP contribution in [-0.4, -0.2) is 46.9 Å². The number of hydrogen-bond donors (Lipinski definition) is 1. The van der Waals surface area contributed by atoms with E-state index in [1.54, 1.807) is 36.5 Å². The Morgan fingerprint density at radius 3 is 2.60 bits per heavy atom. The monoisotopic (exact) mass is 422 g/mol. The van der Waals surface area contributed by atoms with Crippen molar-refractivity contribution in [1.82, 2.24) is 14.9 Å². The van der Waals surface area contributed by atoms with Gasteiger partial charge in [0.05, 0.1) is 12.8 Å². The van der Waals surface area contributed by atoms with Crippen LogP contribution in [0.3, 0.4) is 0 Å². The number of amides is 2. The van der Waals surface area contributed by atoms with Crippen molar-refractivity contribution in [1.29, 1.82) is 0 Å². The first kappa shape index (κ1) is 20.0. The van der Waals surface area contributed by atoms with Gasteiger partial charge in [-0.2, -0.15) is 0 Å². The Kier molecular flexibility index (Phi) is 6.04. The molecule has 0 spiro atoms. The number of rotatable bonds is 5. The summed E-state index contributed by atoms with van der Waals surface area (Å²) in [6.07, 6.45) is 4.49. The molecule has 0 saturated carbocycles. The first-order valence-electron chi connectivity index (χ1n) is 9.75. The van der Waals surface area contributed by atoms with E-state index >= 15 is 0 Å². The number of carbonyl (C=O) groups is 2. The van der Waals surface area contributed by atoms with E-state index in [1.165, 1.54) is 11.3 Å². The minimum absolute atomic E-state index is 0.0161. The van der Waals surface area contributed by atoms with Gasteiger partial charge >= 0.3 is 0 Å². The molecule has 0 atom stereocenters. The third-order valence-corrected chi connectivity index (χ3v) is 5.96. The normalized spacial score (nSPS) is 14.4. The Morgan fingerprint density at radius 2 is 1.87 bits per heavy atom. The molecule has 0 unspecified atom stereocenters. The molecule has 1 aliphatic rings. The van der Waals surface area contributed by atoms with Gasteiger partial charge < -0.3 is 15.0 Å². The molecule has 0 aliphatic carbocycles. The number of aromatic nitrogens is 2. The lowest BCUT2D eigenvalue weighted by Gasteiger charge is -2.31. The average molecular weight is 423 g/mol. The van der Waals surface area contributed by atoms with E-state index in [9.17, 15) is 9.59 Å². The SMILES string of the molecule is COc1ccccc1-c1csc(NC(=O)C2CCN(C(=O)c3ccncc3)CC2)n1. The predicted molar refractivity (Wildman–Crippen MR) is 116 cm³/mol. The summed E-state index contributed by atoms with van der Waals surface area (Å²) in [5.41, 5.74) is 2.28. The molecule has 2 aromatic heterocycles. The van der Waals surface area contributed by atoms with Crippen LogP contribution in [0.5, 0.6) is 5.75 Å². The highest BCUT2D eigenvalue weighted by atomic mass is 32.1. The van der Waals surface area contributed by atoms with E-state index in [-0.39, 0.29) is 17.7 Å². The van der Waals surface area contributed by atoms with Crippen LogP contribution in [0.15, 0.2) is 54.2 Å². The van der Waals surface area contributed by atoms with Gasteiger partial charge in [0.1, 0.15) is 5.75 Å². The number of likely N-dealkylation sites (tertiary alicyclic amines) is 1. The number of nitrogens with one attached hydrogen (secondary N) is 1. The van der Waals surface area contributed by atoms with E-state index < -0.39 is 0 Å². The quantitative estimate of drug-likeness (QED) is 0.678. The molecule has 7 nitrogen and oxygen atoms in total. The van der Waals surface area contributed by atoms with E-state index in [2.05, 4.69) is 15.3 Å². The number of anilines is 1. The van der Waals surface area contributed by atoms with Crippen LogP contribution in [0, 0.1) is 5.92 Å². The zero-order valence-electron chi connectivity index (χ0n) is 16.6. The Labute approximate surface area is 178 Å². The molecular weight excluding hydrogens is 400 g/mol. The first-order chi connectivity index (χ1) is 14.7. The van der Waals surface area contributed by atoms with Gasteiger partial charge in [-0.3, -0.25) is 14.6 Å². The fraction of sp³-hybridized carbons (Fsp3) is 0.273. The molecule has 30 heavy (non-hydrogen) atoms. The van der Waals surface area contributed by atoms with Crippen molar-refractivity contribution in [2.75, 3.05) is 25.5 Å². The topological polar surface area (TPSA) is 84.4 Å². The number of piperidine rings is 1. The molecule has 1 fully saturated rings. The van der Waals surface area contributed by atoms with E-state index in [0.717, 1.165) is 17.0 Å². The van der Waals surface area contributed by atoms with Gasteiger partial charge in [-0.1, -0.05) is 12.1 Å². The number of thiazole rings is 1. The van der Waals surface area contributed by atoms with Gasteiger partial charge in [-0.05, 0) is 37.1 Å². The summed E-state index contributed by atoms with van der Waals surface area (Å²) in [5, 5.41) is 5.40. The summed E-state index contributed by atoms with van der Waals surface area (Å²) in [4.78, 5) is 35.5. The second-order valence-electron chi connectivity index (χ2n) is 7.03. The zero-order chi connectivity index (χ0) is 20.9. The summed E-state index contributed by atoms with van der Waals surface area (Å²) in [6.45, 7) is 1.12. The molecular formula is C22H22N4O3S. The molecule has 0 radical (unpaired) electrons. The van der Waals surface area contributed by atoms with Crippen LogP contribution < -0.4 is 10.1 Å². The zero-order valence-corrected chi connectivity index (χ0v) is 17.4. The van der Waals surface area contributed by atoms with Crippen molar-refractivity contribution in [2.45, 2.75) is 12.8 Å². The summed E-state index contributed by atoms with van der Waals surface area (Å²) in [7, 11) is 1.62. The summed E-state index contributed by atoms with van der Waals surface area (Å²) >= 11 is 1.39. The highest BCUT2D eigenvalue weighted by Crippen LogP contribution is 2.32. The van der Waals surface area contributed by atoms with Crippen LogP contribution in [0.4, 0.5) is 5.13 Å². The largest absolute Gasteiger partial charge is 0.496 e. The van der Waals surface area contributed by atoms with Gasteiger partial charge in [0.15, 0.2) is 5.13 Å². The fourth-order valence-electron chi connectivity index (χ4n) is 3.54. The number of pyridine rings is 1. The van der Waals surface area contributed by atoms with Crippen molar-refractivity contribution in [2.24, 2.45) is 5.92 Å². The number of methoxy groups -OCH3 is 1. The third kappa shape index (κ3) is 4.33. The molecule has 8 heteroatoms. The lowest BCUT2D eigenvalue weighted by Crippen LogP contribution is -2.41. The third-order valence-electron chi connectivity index (χ3n) is 5.20. The highest BCUT2D eigenvalue weighted by Gasteiger charge is 2.28. The van der Waals surface area contributed by atoms with Gasteiger partial charge in [-0.25, -0.2) is 4.98 Å². The second kappa shape index (κ2) is 9.04. The van der Waals surface area contributed by atoms with Crippen LogP contribution in [0.25, 0.3) is 11.3 Å². The second-order valence-corrected chi connectivity index (χ2v) is 7.89. The van der Waals surface area contributed by atoms with Gasteiger partial charge in [0.2, 0.25) is 5.91 Å². The number of benzene rings is 1. The first-order valence-corrected chi connectivity index (χ1v) is 10.6. The molecule has 2 amide bonds. The number of hydrogen-bond acceptors (Lipinski definition) is 6. The lowest BCUT2D eigenvalue weighted by atomic mass is 9.95. The Balaban J connectivity index is 1.34. The Bertz CT molecular complexity index is 1030. The Hall–Kier alpha value is -3.26. The minimum Gasteiger partial charge on any atom is -0.496 e. The van der Waals surface area contributed by atoms with Crippen molar-refractivity contribution in [3.05, 3.63) is 59.7 Å². The van der Waals surface area contributed by atoms with Crippen LogP contribution in [-0.2, 0) is 4.79 Å². The van der Waals surface area contributed by atoms with E-state index in [0.29, 0.717) is 36.6 Å². The van der Waals surface area contributed by atoms with E-state index in [4.69, 9.17) is 4.74 Å². The number of para-hydroxylation sites is 1. The molecule has 1 N–H and O–H groups in total. The van der Waals surface area contributed by atoms with Crippen molar-refractivity contribution >= 4 is 28.3 Å². The molecule has 0 bridgehead atoms. The van der Waals surface area contributed by atoms with Crippen LogP contribution in [0.1, 0.15) is 23.2 Å². The predicted octanol–water partition coefficient (Wildman–Crippen LogP) is 3.70. The maximum absolute atomic E-state index is 12.7. The van der Waals surface area contributed by atoms with Gasteiger partial charge in [0, 0.05) is 47.9 Å². The van der Waals surface area contributed by atoms with Crippen LogP contribution >= 0.6 is 11.3 Å². The molecule has 4 rings (SSSR count). The molecule has 3 heterocycles. The fourth-order valence-corrected chi connectivity index (χ4v) is 4.25. The lowest BCUT2D eigenvalue weighted by molar-refractivity contribution is -0.121. The molecule has 1 aliphatic heterocycles. The highest BCUT2D eigenvalue weighted by molar-refractivity contribution is 7.14. The maximum Gasteiger partial charge on any atom is 0.253 e.